The summed E-state index contributed by atoms with van der Waals surface area (Å²) >= 11 is 5.77. The lowest BCUT2D eigenvalue weighted by atomic mass is 10.00. The van der Waals surface area contributed by atoms with Crippen molar-refractivity contribution in [1.82, 2.24) is 4.90 Å². The van der Waals surface area contributed by atoms with E-state index < -0.39 is 5.97 Å². The average molecular weight is 226 g/mol. The summed E-state index contributed by atoms with van der Waals surface area (Å²) in [6.07, 6.45) is 0. The number of nitrogens with zero attached hydrogens (tertiary/aromatic N) is 1. The minimum atomic E-state index is -0.692. The summed E-state index contributed by atoms with van der Waals surface area (Å²) in [7, 11) is 0. The van der Waals surface area contributed by atoms with Crippen molar-refractivity contribution in [3.63, 3.8) is 0 Å². The van der Waals surface area contributed by atoms with Crippen LogP contribution in [0.1, 0.15) is 5.56 Å². The fourth-order valence-electron chi connectivity index (χ4n) is 1.70. The number of hydrogen-bond donors (Lipinski definition) is 1. The van der Waals surface area contributed by atoms with Crippen LogP contribution in [0.3, 0.4) is 0 Å². The van der Waals surface area contributed by atoms with Gasteiger partial charge in [-0.15, -0.1) is 0 Å². The molecule has 4 heteroatoms. The number of likely N-dealkylation sites (tertiary alicyclic amines) is 1. The summed E-state index contributed by atoms with van der Waals surface area (Å²) < 4.78 is 0. The smallest absolute Gasteiger partial charge is 0.309 e. The van der Waals surface area contributed by atoms with Gasteiger partial charge < -0.3 is 5.11 Å². The third-order valence-corrected chi connectivity index (χ3v) is 2.88. The van der Waals surface area contributed by atoms with Gasteiger partial charge in [0.25, 0.3) is 0 Å². The van der Waals surface area contributed by atoms with E-state index in [2.05, 4.69) is 4.90 Å². The molecule has 1 heterocycles. The Morgan fingerprint density at radius 1 is 1.40 bits per heavy atom. The summed E-state index contributed by atoms with van der Waals surface area (Å²) in [5.74, 6) is -0.875. The molecule has 1 aliphatic heterocycles. The quantitative estimate of drug-likeness (QED) is 0.854. The Hall–Kier alpha value is -1.06. The van der Waals surface area contributed by atoms with Gasteiger partial charge in [-0.1, -0.05) is 23.7 Å². The molecule has 80 valence electrons. The van der Waals surface area contributed by atoms with E-state index in [0.29, 0.717) is 13.1 Å². The summed E-state index contributed by atoms with van der Waals surface area (Å²) in [5, 5.41) is 9.44. The van der Waals surface area contributed by atoms with Crippen LogP contribution in [0.15, 0.2) is 24.3 Å². The van der Waals surface area contributed by atoms with E-state index in [1.54, 1.807) is 0 Å². The highest BCUT2D eigenvalue weighted by Crippen LogP contribution is 2.19. The second kappa shape index (κ2) is 4.21. The molecule has 0 bridgehead atoms. The standard InChI is InChI=1S/C11H12ClNO2/c12-10-3-1-8(2-4-10)5-13-6-9(7-13)11(14)15/h1-4,9H,5-7H2,(H,14,15). The molecule has 0 radical (unpaired) electrons. The van der Waals surface area contributed by atoms with Crippen LogP contribution in [0.25, 0.3) is 0 Å². The molecule has 1 N–H and O–H groups in total. The molecule has 0 atom stereocenters. The van der Waals surface area contributed by atoms with E-state index >= 15 is 0 Å². The third kappa shape index (κ3) is 2.49. The molecule has 0 aromatic heterocycles. The Bertz CT molecular complexity index is 357. The van der Waals surface area contributed by atoms with Crippen LogP contribution in [-0.4, -0.2) is 29.1 Å². The van der Waals surface area contributed by atoms with Gasteiger partial charge in [0.15, 0.2) is 0 Å². The molecular formula is C11H12ClNO2. The Kier molecular flexibility index (Phi) is 2.93. The number of benzene rings is 1. The molecule has 0 spiro atoms. The highest BCUT2D eigenvalue weighted by Gasteiger charge is 2.31. The first kappa shape index (κ1) is 10.5. The Morgan fingerprint density at radius 3 is 2.53 bits per heavy atom. The first-order valence-electron chi connectivity index (χ1n) is 4.85. The second-order valence-corrected chi connectivity index (χ2v) is 4.29. The monoisotopic (exact) mass is 225 g/mol. The zero-order chi connectivity index (χ0) is 10.8. The summed E-state index contributed by atoms with van der Waals surface area (Å²) in [6, 6.07) is 7.64. The number of halogens is 1. The minimum absolute atomic E-state index is 0.183. The van der Waals surface area contributed by atoms with Crippen LogP contribution < -0.4 is 0 Å². The minimum Gasteiger partial charge on any atom is -0.481 e. The summed E-state index contributed by atoms with van der Waals surface area (Å²) in [4.78, 5) is 12.7. The summed E-state index contributed by atoms with van der Waals surface area (Å²) in [5.41, 5.74) is 1.17. The van der Waals surface area contributed by atoms with Crippen molar-refractivity contribution in [2.45, 2.75) is 6.54 Å². The lowest BCUT2D eigenvalue weighted by molar-refractivity contribution is -0.147. The number of carbonyl (C=O) groups is 1. The fraction of sp³-hybridized carbons (Fsp3) is 0.364. The molecule has 2 rings (SSSR count). The third-order valence-electron chi connectivity index (χ3n) is 2.63. The van der Waals surface area contributed by atoms with Gasteiger partial charge in [-0.25, -0.2) is 0 Å². The molecule has 1 aromatic rings. The van der Waals surface area contributed by atoms with Crippen LogP contribution in [0.2, 0.25) is 5.02 Å². The molecule has 0 saturated carbocycles. The zero-order valence-corrected chi connectivity index (χ0v) is 8.94. The number of aliphatic carboxylic acids is 1. The molecule has 3 nitrogen and oxygen atoms in total. The highest BCUT2D eigenvalue weighted by molar-refractivity contribution is 6.30. The molecule has 0 amide bonds. The average Bonchev–Trinajstić information content (AvgIpc) is 2.13. The first-order chi connectivity index (χ1) is 7.15. The zero-order valence-electron chi connectivity index (χ0n) is 8.19. The molecule has 15 heavy (non-hydrogen) atoms. The fourth-order valence-corrected chi connectivity index (χ4v) is 1.83. The topological polar surface area (TPSA) is 40.5 Å². The maximum absolute atomic E-state index is 10.6. The van der Waals surface area contributed by atoms with Gasteiger partial charge in [-0.05, 0) is 17.7 Å². The van der Waals surface area contributed by atoms with Gasteiger partial charge in [0, 0.05) is 24.7 Å². The van der Waals surface area contributed by atoms with Crippen molar-refractivity contribution in [3.8, 4) is 0 Å². The van der Waals surface area contributed by atoms with Crippen molar-refractivity contribution < 1.29 is 9.90 Å². The molecule has 1 aromatic carbocycles. The maximum atomic E-state index is 10.6. The van der Waals surface area contributed by atoms with E-state index in [9.17, 15) is 4.79 Å². The van der Waals surface area contributed by atoms with Gasteiger partial charge in [-0.2, -0.15) is 0 Å². The number of carboxylic acid groups (broad SMARTS) is 1. The Labute approximate surface area is 93.3 Å². The van der Waals surface area contributed by atoms with E-state index in [1.165, 1.54) is 5.56 Å². The largest absolute Gasteiger partial charge is 0.481 e. The van der Waals surface area contributed by atoms with Gasteiger partial charge in [-0.3, -0.25) is 9.69 Å². The van der Waals surface area contributed by atoms with Gasteiger partial charge >= 0.3 is 5.97 Å². The molecule has 0 aliphatic carbocycles. The highest BCUT2D eigenvalue weighted by atomic mass is 35.5. The number of hydrogen-bond acceptors (Lipinski definition) is 2. The molecule has 1 aliphatic rings. The predicted molar refractivity (Wildman–Crippen MR) is 57.9 cm³/mol. The van der Waals surface area contributed by atoms with E-state index in [-0.39, 0.29) is 5.92 Å². The van der Waals surface area contributed by atoms with Crippen LogP contribution in [0.5, 0.6) is 0 Å². The van der Waals surface area contributed by atoms with Crippen LogP contribution in [0, 0.1) is 5.92 Å². The van der Waals surface area contributed by atoms with E-state index in [0.717, 1.165) is 11.6 Å². The molecule has 0 unspecified atom stereocenters. The number of rotatable bonds is 3. The van der Waals surface area contributed by atoms with Crippen LogP contribution in [-0.2, 0) is 11.3 Å². The Morgan fingerprint density at radius 2 is 2.00 bits per heavy atom. The van der Waals surface area contributed by atoms with E-state index in [1.807, 2.05) is 24.3 Å². The SMILES string of the molecule is O=C(O)C1CN(Cc2ccc(Cl)cc2)C1. The van der Waals surface area contributed by atoms with Crippen molar-refractivity contribution >= 4 is 17.6 Å². The predicted octanol–water partition coefficient (Wildman–Crippen LogP) is 1.86. The molecule has 1 saturated heterocycles. The van der Waals surface area contributed by atoms with Crippen molar-refractivity contribution in [1.29, 1.82) is 0 Å². The lowest BCUT2D eigenvalue weighted by Crippen LogP contribution is -2.49. The van der Waals surface area contributed by atoms with E-state index in [4.69, 9.17) is 16.7 Å². The normalized spacial score (nSPS) is 17.4. The number of carboxylic acids is 1. The Balaban J connectivity index is 1.85. The first-order valence-corrected chi connectivity index (χ1v) is 5.22. The second-order valence-electron chi connectivity index (χ2n) is 3.86. The van der Waals surface area contributed by atoms with Crippen LogP contribution >= 0.6 is 11.6 Å². The van der Waals surface area contributed by atoms with Crippen molar-refractivity contribution in [3.05, 3.63) is 34.9 Å². The maximum Gasteiger partial charge on any atom is 0.309 e. The van der Waals surface area contributed by atoms with Gasteiger partial charge in [0.05, 0.1) is 5.92 Å². The molecular weight excluding hydrogens is 214 g/mol. The van der Waals surface area contributed by atoms with Gasteiger partial charge in [0.1, 0.15) is 0 Å². The lowest BCUT2D eigenvalue weighted by Gasteiger charge is -2.36. The van der Waals surface area contributed by atoms with Gasteiger partial charge in [0.2, 0.25) is 0 Å². The van der Waals surface area contributed by atoms with Crippen molar-refractivity contribution in [2.75, 3.05) is 13.1 Å². The summed E-state index contributed by atoms with van der Waals surface area (Å²) in [6.45, 7) is 2.11. The van der Waals surface area contributed by atoms with Crippen LogP contribution in [0.4, 0.5) is 0 Å². The molecule has 1 fully saturated rings. The van der Waals surface area contributed by atoms with Crippen molar-refractivity contribution in [2.24, 2.45) is 5.92 Å².